The average Bonchev–Trinajstić information content (AvgIpc) is 2.47. The number of rotatable bonds is 2. The third kappa shape index (κ3) is 1.68. The minimum absolute atomic E-state index is 0.0667. The molecule has 2 aromatic heterocycles. The Balaban J connectivity index is 2.51. The summed E-state index contributed by atoms with van der Waals surface area (Å²) in [6, 6.07) is 5.60. The molecule has 4 nitrogen and oxygen atoms in total. The number of aromatic nitrogens is 3. The molecule has 0 radical (unpaired) electrons. The summed E-state index contributed by atoms with van der Waals surface area (Å²) in [7, 11) is 0. The Bertz CT molecular complexity index is 492. The largest absolute Gasteiger partial charge is 0.300 e. The van der Waals surface area contributed by atoms with E-state index in [2.05, 4.69) is 26.0 Å². The fourth-order valence-electron chi connectivity index (χ4n) is 1.22. The second-order valence-corrected chi connectivity index (χ2v) is 3.84. The number of hydrogen-bond acceptors (Lipinski definition) is 3. The molecule has 2 rings (SSSR count). The molecular formula is C9H8BrN3O. The van der Waals surface area contributed by atoms with Gasteiger partial charge in [-0.2, -0.15) is 0 Å². The molecule has 5 heteroatoms. The topological polar surface area (TPSA) is 47.3 Å². The highest BCUT2D eigenvalue weighted by Crippen LogP contribution is 2.11. The molecule has 2 heterocycles. The molecular weight excluding hydrogens is 246 g/mol. The number of carbonyl (C=O) groups excluding carboxylic acids is 1. The Kier molecular flexibility index (Phi) is 2.33. The van der Waals surface area contributed by atoms with Crippen LogP contribution in [0.25, 0.3) is 5.65 Å². The number of ketones is 1. The van der Waals surface area contributed by atoms with Crippen LogP contribution in [0, 0.1) is 0 Å². The molecule has 0 N–H and O–H groups in total. The second-order valence-electron chi connectivity index (χ2n) is 3.03. The normalized spacial score (nSPS) is 10.7. The van der Waals surface area contributed by atoms with Crippen molar-refractivity contribution in [3.63, 3.8) is 0 Å². The van der Waals surface area contributed by atoms with E-state index in [1.165, 1.54) is 6.92 Å². The van der Waals surface area contributed by atoms with Gasteiger partial charge in [-0.05, 0) is 35.0 Å². The maximum Gasteiger partial charge on any atom is 0.159 e. The fourth-order valence-corrected chi connectivity index (χ4v) is 1.63. The highest BCUT2D eigenvalue weighted by molar-refractivity contribution is 9.10. The third-order valence-electron chi connectivity index (χ3n) is 1.76. The first-order valence-electron chi connectivity index (χ1n) is 4.16. The van der Waals surface area contributed by atoms with Gasteiger partial charge in [0.15, 0.2) is 11.5 Å². The van der Waals surface area contributed by atoms with Gasteiger partial charge in [-0.3, -0.25) is 4.79 Å². The number of carbonyl (C=O) groups is 1. The Morgan fingerprint density at radius 3 is 3.00 bits per heavy atom. The smallest absolute Gasteiger partial charge is 0.159 e. The third-order valence-corrected chi connectivity index (χ3v) is 2.36. The Morgan fingerprint density at radius 2 is 2.36 bits per heavy atom. The molecule has 0 aromatic carbocycles. The minimum atomic E-state index is 0.0667. The summed E-state index contributed by atoms with van der Waals surface area (Å²) in [4.78, 5) is 15.1. The van der Waals surface area contributed by atoms with Crippen molar-refractivity contribution < 1.29 is 4.79 Å². The summed E-state index contributed by atoms with van der Waals surface area (Å²) >= 11 is 3.35. The molecule has 0 amide bonds. The molecule has 2 aromatic rings. The molecule has 0 aliphatic rings. The summed E-state index contributed by atoms with van der Waals surface area (Å²) in [6.07, 6.45) is 0.286. The van der Waals surface area contributed by atoms with Crippen LogP contribution in [-0.2, 0) is 11.2 Å². The average molecular weight is 254 g/mol. The van der Waals surface area contributed by atoms with E-state index in [1.807, 2.05) is 18.2 Å². The SMILES string of the molecule is CC(=O)Cc1nc2cccc(Br)n2n1. The zero-order valence-electron chi connectivity index (χ0n) is 7.57. The van der Waals surface area contributed by atoms with Crippen molar-refractivity contribution in [2.45, 2.75) is 13.3 Å². The van der Waals surface area contributed by atoms with Gasteiger partial charge in [0.2, 0.25) is 0 Å². The van der Waals surface area contributed by atoms with Crippen molar-refractivity contribution in [3.8, 4) is 0 Å². The van der Waals surface area contributed by atoms with E-state index in [1.54, 1.807) is 4.52 Å². The number of fused-ring (bicyclic) bond motifs is 1. The highest BCUT2D eigenvalue weighted by atomic mass is 79.9. The van der Waals surface area contributed by atoms with Crippen molar-refractivity contribution >= 4 is 27.4 Å². The van der Waals surface area contributed by atoms with Crippen molar-refractivity contribution in [1.29, 1.82) is 0 Å². The van der Waals surface area contributed by atoms with Crippen LogP contribution in [0.1, 0.15) is 12.7 Å². The van der Waals surface area contributed by atoms with Gasteiger partial charge in [-0.25, -0.2) is 9.50 Å². The van der Waals surface area contributed by atoms with Crippen LogP contribution < -0.4 is 0 Å². The Labute approximate surface area is 89.1 Å². The number of hydrogen-bond donors (Lipinski definition) is 0. The zero-order chi connectivity index (χ0) is 10.1. The monoisotopic (exact) mass is 253 g/mol. The molecule has 0 bridgehead atoms. The molecule has 72 valence electrons. The van der Waals surface area contributed by atoms with Gasteiger partial charge in [0.05, 0.1) is 6.42 Å². The highest BCUT2D eigenvalue weighted by Gasteiger charge is 2.06. The molecule has 0 spiro atoms. The van der Waals surface area contributed by atoms with Crippen molar-refractivity contribution in [1.82, 2.24) is 14.6 Å². The quantitative estimate of drug-likeness (QED) is 0.765. The maximum absolute atomic E-state index is 10.9. The van der Waals surface area contributed by atoms with E-state index >= 15 is 0 Å². The fraction of sp³-hybridized carbons (Fsp3) is 0.222. The molecule has 0 saturated heterocycles. The molecule has 0 aliphatic heterocycles. The van der Waals surface area contributed by atoms with Gasteiger partial charge < -0.3 is 0 Å². The van der Waals surface area contributed by atoms with E-state index in [0.29, 0.717) is 5.82 Å². The lowest BCUT2D eigenvalue weighted by molar-refractivity contribution is -0.116. The van der Waals surface area contributed by atoms with Crippen LogP contribution in [0.2, 0.25) is 0 Å². The van der Waals surface area contributed by atoms with E-state index in [0.717, 1.165) is 10.3 Å². The van der Waals surface area contributed by atoms with E-state index in [9.17, 15) is 4.79 Å². The van der Waals surface area contributed by atoms with E-state index < -0.39 is 0 Å². The first kappa shape index (κ1) is 9.33. The number of nitrogens with zero attached hydrogens (tertiary/aromatic N) is 3. The lowest BCUT2D eigenvalue weighted by atomic mass is 10.3. The number of halogens is 1. The lowest BCUT2D eigenvalue weighted by Gasteiger charge is -1.92. The van der Waals surface area contributed by atoms with Crippen molar-refractivity contribution in [3.05, 3.63) is 28.6 Å². The van der Waals surface area contributed by atoms with Gasteiger partial charge in [0, 0.05) is 0 Å². The van der Waals surface area contributed by atoms with E-state index in [4.69, 9.17) is 0 Å². The zero-order valence-corrected chi connectivity index (χ0v) is 9.15. The van der Waals surface area contributed by atoms with Crippen LogP contribution in [0.5, 0.6) is 0 Å². The van der Waals surface area contributed by atoms with Crippen LogP contribution in [-0.4, -0.2) is 20.4 Å². The summed E-state index contributed by atoms with van der Waals surface area (Å²) in [6.45, 7) is 1.53. The van der Waals surface area contributed by atoms with Crippen molar-refractivity contribution in [2.75, 3.05) is 0 Å². The summed E-state index contributed by atoms with van der Waals surface area (Å²) in [5, 5.41) is 4.19. The molecule has 0 aliphatic carbocycles. The molecule has 14 heavy (non-hydrogen) atoms. The first-order chi connectivity index (χ1) is 6.66. The lowest BCUT2D eigenvalue weighted by Crippen LogP contribution is -1.98. The first-order valence-corrected chi connectivity index (χ1v) is 4.96. The molecule has 0 atom stereocenters. The molecule has 0 unspecified atom stereocenters. The van der Waals surface area contributed by atoms with Crippen LogP contribution >= 0.6 is 15.9 Å². The van der Waals surface area contributed by atoms with Crippen LogP contribution in [0.15, 0.2) is 22.8 Å². The van der Waals surface area contributed by atoms with Crippen LogP contribution in [0.4, 0.5) is 0 Å². The van der Waals surface area contributed by atoms with Gasteiger partial charge >= 0.3 is 0 Å². The van der Waals surface area contributed by atoms with Crippen molar-refractivity contribution in [2.24, 2.45) is 0 Å². The summed E-state index contributed by atoms with van der Waals surface area (Å²) in [5.74, 6) is 0.626. The maximum atomic E-state index is 10.9. The Hall–Kier alpha value is -1.23. The molecule has 0 saturated carbocycles. The summed E-state index contributed by atoms with van der Waals surface area (Å²) in [5.41, 5.74) is 0.746. The Morgan fingerprint density at radius 1 is 1.57 bits per heavy atom. The van der Waals surface area contributed by atoms with Gasteiger partial charge in [-0.15, -0.1) is 5.10 Å². The van der Waals surface area contributed by atoms with Gasteiger partial charge in [0.25, 0.3) is 0 Å². The number of pyridine rings is 1. The minimum Gasteiger partial charge on any atom is -0.300 e. The predicted molar refractivity (Wildman–Crippen MR) is 55.1 cm³/mol. The standard InChI is InChI=1S/C9H8BrN3O/c1-6(14)5-8-11-9-4-2-3-7(10)13(9)12-8/h2-4H,5H2,1H3. The van der Waals surface area contributed by atoms with Crippen LogP contribution in [0.3, 0.4) is 0 Å². The van der Waals surface area contributed by atoms with Gasteiger partial charge in [0.1, 0.15) is 10.4 Å². The second kappa shape index (κ2) is 3.49. The summed E-state index contributed by atoms with van der Waals surface area (Å²) < 4.78 is 2.50. The molecule has 0 fully saturated rings. The predicted octanol–water partition coefficient (Wildman–Crippen LogP) is 1.62. The van der Waals surface area contributed by atoms with E-state index in [-0.39, 0.29) is 12.2 Å². The number of Topliss-reactive ketones (excluding diaryl/α,β-unsaturated/α-hetero) is 1. The van der Waals surface area contributed by atoms with Gasteiger partial charge in [-0.1, -0.05) is 6.07 Å².